The van der Waals surface area contributed by atoms with Crippen molar-refractivity contribution in [3.63, 3.8) is 0 Å². The Bertz CT molecular complexity index is 602. The van der Waals surface area contributed by atoms with Crippen LogP contribution in [0.5, 0.6) is 0 Å². The smallest absolute Gasteiger partial charge is 0.0737 e. The van der Waals surface area contributed by atoms with Gasteiger partial charge in [-0.3, -0.25) is 4.98 Å². The molecule has 4 radical (unpaired) electrons. The van der Waals surface area contributed by atoms with Gasteiger partial charge in [0.2, 0.25) is 0 Å². The average molecular weight is 527 g/mol. The predicted molar refractivity (Wildman–Crippen MR) is 103 cm³/mol. The van der Waals surface area contributed by atoms with Gasteiger partial charge in [0.25, 0.3) is 0 Å². The third-order valence-electron chi connectivity index (χ3n) is 4.11. The third-order valence-corrected chi connectivity index (χ3v) is 4.35. The number of hydrogen-bond acceptors (Lipinski definition) is 3. The Balaban J connectivity index is 0.00000264. The molecule has 1 aromatic carbocycles. The molecule has 2 aromatic rings. The maximum Gasteiger partial charge on any atom is 0.0737 e. The second-order valence-corrected chi connectivity index (χ2v) is 6.17. The summed E-state index contributed by atoms with van der Waals surface area (Å²) in [5.41, 5.74) is 2.07. The minimum atomic E-state index is 0. The Morgan fingerprint density at radius 3 is 2.65 bits per heavy atom. The fourth-order valence-electron chi connectivity index (χ4n) is 2.75. The van der Waals surface area contributed by atoms with Gasteiger partial charge in [0.15, 0.2) is 0 Å². The van der Waals surface area contributed by atoms with E-state index in [0.717, 1.165) is 41.1 Å². The van der Waals surface area contributed by atoms with Crippen LogP contribution in [-0.4, -0.2) is 62.9 Å². The van der Waals surface area contributed by atoms with E-state index in [-0.39, 0.29) is 27.3 Å². The summed E-state index contributed by atoms with van der Waals surface area (Å²) in [4.78, 5) is 6.86. The SMILES string of the molecule is CCN(CC)CCCC(C)Nc1ccnc2cc(Cl)ccc12.[Pb]. The van der Waals surface area contributed by atoms with Gasteiger partial charge in [-0.05, 0) is 63.7 Å². The molecule has 1 unspecified atom stereocenters. The molecule has 0 amide bonds. The Hall–Kier alpha value is -0.398. The minimum absolute atomic E-state index is 0. The van der Waals surface area contributed by atoms with Crippen molar-refractivity contribution in [1.29, 1.82) is 0 Å². The van der Waals surface area contributed by atoms with Crippen LogP contribution in [0, 0.1) is 0 Å². The fourth-order valence-corrected chi connectivity index (χ4v) is 2.91. The largest absolute Gasteiger partial charge is 0.382 e. The molecular weight excluding hydrogens is 501 g/mol. The van der Waals surface area contributed by atoms with Crippen molar-refractivity contribution < 1.29 is 0 Å². The molecule has 5 heteroatoms. The number of rotatable bonds is 8. The maximum atomic E-state index is 6.04. The van der Waals surface area contributed by atoms with Crippen molar-refractivity contribution in [3.8, 4) is 0 Å². The number of aromatic nitrogens is 1. The molecule has 1 heterocycles. The monoisotopic (exact) mass is 527 g/mol. The fraction of sp³-hybridized carbons (Fsp3) is 0.500. The second-order valence-electron chi connectivity index (χ2n) is 5.73. The number of halogens is 1. The van der Waals surface area contributed by atoms with Crippen LogP contribution < -0.4 is 5.32 Å². The number of anilines is 1. The zero-order chi connectivity index (χ0) is 15.9. The molecule has 1 atom stereocenters. The first-order valence-electron chi connectivity index (χ1n) is 8.17. The Morgan fingerprint density at radius 2 is 1.96 bits per heavy atom. The average Bonchev–Trinajstić information content (AvgIpc) is 2.51. The molecule has 0 fully saturated rings. The van der Waals surface area contributed by atoms with Gasteiger partial charge < -0.3 is 10.2 Å². The van der Waals surface area contributed by atoms with Crippen LogP contribution >= 0.6 is 11.6 Å². The molecule has 2 rings (SSSR count). The molecule has 1 N–H and O–H groups in total. The van der Waals surface area contributed by atoms with Gasteiger partial charge in [-0.1, -0.05) is 25.4 Å². The Kier molecular flexibility index (Phi) is 9.39. The number of fused-ring (bicyclic) bond motifs is 1. The van der Waals surface area contributed by atoms with E-state index >= 15 is 0 Å². The zero-order valence-corrected chi connectivity index (χ0v) is 18.9. The van der Waals surface area contributed by atoms with Crippen molar-refractivity contribution in [1.82, 2.24) is 9.88 Å². The molecule has 0 bridgehead atoms. The number of pyridine rings is 1. The van der Waals surface area contributed by atoms with Crippen LogP contribution in [0.1, 0.15) is 33.6 Å². The quantitative estimate of drug-likeness (QED) is 0.516. The van der Waals surface area contributed by atoms with Gasteiger partial charge >= 0.3 is 0 Å². The van der Waals surface area contributed by atoms with E-state index in [2.05, 4.69) is 36.0 Å². The minimum Gasteiger partial charge on any atom is -0.382 e. The number of nitrogens with zero attached hydrogens (tertiary/aromatic N) is 2. The standard InChI is InChI=1S/C18H26ClN3.Pb/c1-4-22(5-2)12-6-7-14(3)21-17-10-11-20-18-13-15(19)8-9-16(17)18;/h8-11,13-14H,4-7,12H2,1-3H3,(H,20,21);. The van der Waals surface area contributed by atoms with E-state index in [1.165, 1.54) is 13.0 Å². The molecule has 0 spiro atoms. The Labute approximate surface area is 165 Å². The van der Waals surface area contributed by atoms with Crippen LogP contribution in [-0.2, 0) is 0 Å². The molecule has 0 aliphatic heterocycles. The second kappa shape index (κ2) is 10.5. The molecule has 124 valence electrons. The molecule has 0 aliphatic carbocycles. The zero-order valence-electron chi connectivity index (χ0n) is 14.3. The van der Waals surface area contributed by atoms with Crippen LogP contribution in [0.25, 0.3) is 10.9 Å². The molecule has 0 aliphatic rings. The third kappa shape index (κ3) is 6.20. The normalized spacial score (nSPS) is 12.2. The summed E-state index contributed by atoms with van der Waals surface area (Å²) in [6.07, 6.45) is 4.21. The van der Waals surface area contributed by atoms with E-state index in [1.54, 1.807) is 0 Å². The molecular formula is C18H26ClN3Pb. The molecule has 3 nitrogen and oxygen atoms in total. The van der Waals surface area contributed by atoms with E-state index in [1.807, 2.05) is 30.5 Å². The van der Waals surface area contributed by atoms with Crippen molar-refractivity contribution in [2.24, 2.45) is 0 Å². The first-order valence-corrected chi connectivity index (χ1v) is 8.55. The van der Waals surface area contributed by atoms with Crippen molar-refractivity contribution in [3.05, 3.63) is 35.5 Å². The first-order chi connectivity index (χ1) is 10.6. The van der Waals surface area contributed by atoms with Crippen LogP contribution in [0.4, 0.5) is 5.69 Å². The van der Waals surface area contributed by atoms with Gasteiger partial charge in [0.1, 0.15) is 0 Å². The maximum absolute atomic E-state index is 6.04. The van der Waals surface area contributed by atoms with Gasteiger partial charge in [0.05, 0.1) is 5.52 Å². The van der Waals surface area contributed by atoms with Crippen LogP contribution in [0.15, 0.2) is 30.5 Å². The summed E-state index contributed by atoms with van der Waals surface area (Å²) in [6, 6.07) is 8.35. The van der Waals surface area contributed by atoms with Crippen molar-refractivity contribution in [2.75, 3.05) is 25.0 Å². The van der Waals surface area contributed by atoms with Crippen molar-refractivity contribution >= 4 is 55.5 Å². The summed E-state index contributed by atoms with van der Waals surface area (Å²) in [5.74, 6) is 0. The summed E-state index contributed by atoms with van der Waals surface area (Å²) in [7, 11) is 0. The summed E-state index contributed by atoms with van der Waals surface area (Å²) >= 11 is 6.04. The predicted octanol–water partition coefficient (Wildman–Crippen LogP) is 4.43. The number of benzene rings is 1. The molecule has 0 saturated heterocycles. The topological polar surface area (TPSA) is 28.2 Å². The van der Waals surface area contributed by atoms with Gasteiger partial charge in [-0.2, -0.15) is 0 Å². The number of nitrogens with one attached hydrogen (secondary N) is 1. The first kappa shape index (κ1) is 20.6. The summed E-state index contributed by atoms with van der Waals surface area (Å²) in [5, 5.41) is 5.47. The summed E-state index contributed by atoms with van der Waals surface area (Å²) in [6.45, 7) is 10.1. The van der Waals surface area contributed by atoms with E-state index in [9.17, 15) is 0 Å². The van der Waals surface area contributed by atoms with Crippen LogP contribution in [0.3, 0.4) is 0 Å². The number of hydrogen-bond donors (Lipinski definition) is 1. The Morgan fingerprint density at radius 1 is 1.22 bits per heavy atom. The van der Waals surface area contributed by atoms with E-state index in [0.29, 0.717) is 6.04 Å². The van der Waals surface area contributed by atoms with Gasteiger partial charge in [-0.25, -0.2) is 0 Å². The van der Waals surface area contributed by atoms with Crippen molar-refractivity contribution in [2.45, 2.75) is 39.7 Å². The molecule has 23 heavy (non-hydrogen) atoms. The van der Waals surface area contributed by atoms with E-state index < -0.39 is 0 Å². The van der Waals surface area contributed by atoms with E-state index in [4.69, 9.17) is 11.6 Å². The molecule has 0 saturated carbocycles. The summed E-state index contributed by atoms with van der Waals surface area (Å²) < 4.78 is 0. The van der Waals surface area contributed by atoms with Crippen LogP contribution in [0.2, 0.25) is 5.02 Å². The van der Waals surface area contributed by atoms with Gasteiger partial charge in [-0.15, -0.1) is 0 Å². The van der Waals surface area contributed by atoms with Gasteiger partial charge in [0, 0.05) is 55.6 Å². The molecule has 1 aromatic heterocycles.